The van der Waals surface area contributed by atoms with Gasteiger partial charge in [-0.25, -0.2) is 86.3 Å². The Morgan fingerprint density at radius 1 is 0.228 bits per heavy atom. The van der Waals surface area contributed by atoms with Crippen LogP contribution < -0.4 is 21.3 Å². The van der Waals surface area contributed by atoms with Crippen LogP contribution in [0.2, 0.25) is 0 Å². The fourth-order valence-corrected chi connectivity index (χ4v) is 8.11. The van der Waals surface area contributed by atoms with Crippen molar-refractivity contribution in [1.82, 2.24) is 21.3 Å². The minimum absolute atomic E-state index is 0.158. The summed E-state index contributed by atoms with van der Waals surface area (Å²) < 4.78 is 97.1. The molecule has 41 heteroatoms. The number of carbonyl (C=O) groups excluding carboxylic acids is 18. The van der Waals surface area contributed by atoms with Gasteiger partial charge >= 0.3 is 108 Å². The summed E-state index contributed by atoms with van der Waals surface area (Å²) in [5.74, 6) is -10.5. The molecule has 0 aliphatic heterocycles. The van der Waals surface area contributed by atoms with Crippen LogP contribution in [0.1, 0.15) is 92.9 Å². The van der Waals surface area contributed by atoms with E-state index in [1.165, 1.54) is 41.5 Å². The molecule has 0 aliphatic carbocycles. The maximum absolute atomic E-state index is 12.2. The Hall–Kier alpha value is -14.0. The van der Waals surface area contributed by atoms with E-state index in [4.69, 9.17) is 90.0 Å². The third-order valence-electron chi connectivity index (χ3n) is 15.0. The first-order valence-corrected chi connectivity index (χ1v) is 38.6. The molecule has 0 saturated heterocycles. The number of unbranched alkanes of at least 4 members (excludes halogenated alkanes) is 6. The second-order valence-corrected chi connectivity index (χ2v) is 26.9. The second kappa shape index (κ2) is 69.4. The van der Waals surface area contributed by atoms with E-state index in [-0.39, 0.29) is 112 Å². The average molecular weight is 1800 g/mol. The summed E-state index contributed by atoms with van der Waals surface area (Å²) in [6.07, 6.45) is 5.19. The van der Waals surface area contributed by atoms with Gasteiger partial charge in [0, 0.05) is 108 Å². The molecule has 4 N–H and O–H groups in total. The lowest BCUT2D eigenvalue weighted by Crippen LogP contribution is -2.47. The minimum Gasteiger partial charge on any atom is -0.462 e. The molecule has 704 valence electrons. The fourth-order valence-electron chi connectivity index (χ4n) is 8.11. The zero-order chi connectivity index (χ0) is 96.9. The molecule has 0 rings (SSSR count). The van der Waals surface area contributed by atoms with Gasteiger partial charge in [0.1, 0.15) is 92.5 Å². The molecule has 127 heavy (non-hydrogen) atoms. The molecule has 2 atom stereocenters. The number of rotatable bonds is 64. The van der Waals surface area contributed by atoms with Crippen molar-refractivity contribution in [3.63, 3.8) is 0 Å². The Balaban J connectivity index is -0.00000182. The molecule has 0 radical (unpaired) electrons. The van der Waals surface area contributed by atoms with Crippen molar-refractivity contribution in [1.29, 1.82) is 0 Å². The zero-order valence-electron chi connectivity index (χ0n) is 72.7. The first-order chi connectivity index (χ1) is 60.0. The van der Waals surface area contributed by atoms with Gasteiger partial charge in [0.25, 0.3) is 0 Å². The summed E-state index contributed by atoms with van der Waals surface area (Å²) in [5, 5.41) is 10.2. The molecule has 2 unspecified atom stereocenters. The van der Waals surface area contributed by atoms with Gasteiger partial charge in [-0.3, -0.25) is 0 Å². The molecule has 0 saturated carbocycles. The Morgan fingerprint density at radius 3 is 0.528 bits per heavy atom. The van der Waals surface area contributed by atoms with Gasteiger partial charge in [0.15, 0.2) is 24.4 Å². The number of carbonyl (C=O) groups is 18. The summed E-state index contributed by atoms with van der Waals surface area (Å²) in [4.78, 5) is 212. The highest BCUT2D eigenvalue weighted by molar-refractivity contribution is 5.90. The van der Waals surface area contributed by atoms with Crippen molar-refractivity contribution in [2.45, 2.75) is 117 Å². The van der Waals surface area contributed by atoms with Crippen LogP contribution in [-0.2, 0) is 157 Å². The molecule has 41 nitrogen and oxygen atoms in total. The summed E-state index contributed by atoms with van der Waals surface area (Å²) in [6, 6.07) is 0. The summed E-state index contributed by atoms with van der Waals surface area (Å²) in [6.45, 7) is 50.6. The number of amides is 4. The lowest BCUT2D eigenvalue weighted by atomic mass is 9.90. The highest BCUT2D eigenvalue weighted by Crippen LogP contribution is 2.27. The molecule has 0 aromatic heterocycles. The Kier molecular flexibility index (Phi) is 64.0. The lowest BCUT2D eigenvalue weighted by Gasteiger charge is -2.35. The van der Waals surface area contributed by atoms with E-state index >= 15 is 0 Å². The van der Waals surface area contributed by atoms with Crippen LogP contribution in [0.25, 0.3) is 0 Å². The molecular weight excluding hydrogens is 1680 g/mol. The van der Waals surface area contributed by atoms with Gasteiger partial charge in [-0.1, -0.05) is 118 Å². The Bertz CT molecular complexity index is 3450. The van der Waals surface area contributed by atoms with E-state index in [2.05, 4.69) is 113 Å². The van der Waals surface area contributed by atoms with Gasteiger partial charge in [0.2, 0.25) is 0 Å². The molecule has 0 aromatic rings. The SMILES string of the molecule is C=C(C)C(=O)OCC(COC(=O)C(=C)C)OC(=O)NCCCCCCNC(=O)OC(COC(=O)C(=C)C)COC(=O)C(=C)C.C=CC(=O)OCC(COC(=O)C(=C)C)OC(=O)NCCCCCCNC(=O)OC(COC(=O)C=C)COC(=O)C(=C)C.C=CC(=O)OCC(COCC(COC(=O)C=C)(COC(=O)C=C)COC(=O)C=C)(COC(=O)C=C)COC(=O)C=C. The van der Waals surface area contributed by atoms with E-state index in [1.807, 2.05) is 0 Å². The number of esters is 14. The molecule has 0 spiro atoms. The van der Waals surface area contributed by atoms with Crippen LogP contribution in [0.15, 0.2) is 174 Å². The van der Waals surface area contributed by atoms with Gasteiger partial charge < -0.3 is 111 Å². The van der Waals surface area contributed by atoms with Crippen molar-refractivity contribution in [2.75, 3.05) is 132 Å². The van der Waals surface area contributed by atoms with Crippen LogP contribution in [-0.4, -0.2) is 264 Å². The monoisotopic (exact) mass is 1800 g/mol. The molecule has 4 amide bonds. The molecule has 0 aliphatic rings. The van der Waals surface area contributed by atoms with Gasteiger partial charge in [-0.05, 0) is 67.2 Å². The number of ether oxygens (including phenoxy) is 19. The molecular formula is C86H118N4O37. The first-order valence-electron chi connectivity index (χ1n) is 38.6. The van der Waals surface area contributed by atoms with Crippen molar-refractivity contribution < 1.29 is 176 Å². The minimum atomic E-state index is -1.49. The van der Waals surface area contributed by atoms with Crippen LogP contribution in [0.3, 0.4) is 0 Å². The largest absolute Gasteiger partial charge is 0.462 e. The summed E-state index contributed by atoms with van der Waals surface area (Å²) >= 11 is 0. The fraction of sp³-hybridized carbons (Fsp3) is 0.465. The standard InChI is InChI=1S/C30H44N2O12.C28H40N2O12.C28H34O13/c1-19(2)25(33)39-15-23(16-40-26(34)20(3)4)43-29(37)31-13-11-9-10-12-14-32-30(38)44-24(17-41-27(35)21(5)6)18-42-28(36)22(7)8;1-7-23(31)37-15-21(17-39-25(33)19(3)4)41-27(35)29-13-11-9-10-12-14-30-28(36)42-22(16-38-24(32)8-2)18-40-26(34)20(5)6;1-7-21(29)36-15-27(16-37-22(30)8-2,17-38-23(31)9-3)13-35-14-28(18-39-24(32)10-4,19-40-25(33)11-5)20-41-26(34)12-6/h23-24H,1,3,5,7,9-18H2,2,4,6,8H3,(H,31,37)(H,32,38);7-8,21-22H,1-3,5,9-18H2,4,6H3,(H,29,35)(H,30,36);7-12H,1-6,13-20H2. The zero-order valence-corrected chi connectivity index (χ0v) is 72.7. The van der Waals surface area contributed by atoms with E-state index < -0.39 is 196 Å². The third-order valence-corrected chi connectivity index (χ3v) is 15.0. The number of alkyl carbamates (subject to hydrolysis) is 4. The number of hydrogen-bond acceptors (Lipinski definition) is 37. The highest BCUT2D eigenvalue weighted by Gasteiger charge is 2.41. The van der Waals surface area contributed by atoms with E-state index in [1.54, 1.807) is 0 Å². The third kappa shape index (κ3) is 61.9. The number of hydrogen-bond donors (Lipinski definition) is 4. The van der Waals surface area contributed by atoms with Crippen molar-refractivity contribution >= 4 is 108 Å². The second-order valence-electron chi connectivity index (χ2n) is 26.9. The van der Waals surface area contributed by atoms with Crippen molar-refractivity contribution in [3.05, 3.63) is 174 Å². The highest BCUT2D eigenvalue weighted by atomic mass is 16.7. The normalized spacial score (nSPS) is 10.7. The summed E-state index contributed by atoms with van der Waals surface area (Å²) in [5.41, 5.74) is -2.03. The first kappa shape index (κ1) is 117. The van der Waals surface area contributed by atoms with Crippen LogP contribution in [0.4, 0.5) is 19.2 Å². The molecule has 0 aromatic carbocycles. The predicted octanol–water partition coefficient (Wildman–Crippen LogP) is 7.00. The van der Waals surface area contributed by atoms with Crippen molar-refractivity contribution in [2.24, 2.45) is 10.8 Å². The lowest BCUT2D eigenvalue weighted by molar-refractivity contribution is -0.170. The van der Waals surface area contributed by atoms with Crippen LogP contribution in [0.5, 0.6) is 0 Å². The maximum atomic E-state index is 12.2. The van der Waals surface area contributed by atoms with Gasteiger partial charge in [0.05, 0.1) is 24.0 Å². The van der Waals surface area contributed by atoms with E-state index in [0.29, 0.717) is 51.4 Å². The van der Waals surface area contributed by atoms with Gasteiger partial charge in [-0.2, -0.15) is 0 Å². The summed E-state index contributed by atoms with van der Waals surface area (Å²) in [7, 11) is 0. The quantitative estimate of drug-likeness (QED) is 0.0206. The topological polar surface area (TPSA) is 531 Å². The van der Waals surface area contributed by atoms with E-state index in [0.717, 1.165) is 48.6 Å². The maximum Gasteiger partial charge on any atom is 0.407 e. The van der Waals surface area contributed by atoms with E-state index in [9.17, 15) is 86.3 Å². The van der Waals surface area contributed by atoms with Crippen molar-refractivity contribution in [3.8, 4) is 0 Å². The van der Waals surface area contributed by atoms with Gasteiger partial charge in [-0.15, -0.1) is 0 Å². The molecule has 0 bridgehead atoms. The average Bonchev–Trinajstić information content (AvgIpc) is 0.835. The smallest absolute Gasteiger partial charge is 0.407 e. The molecule has 0 fully saturated rings. The van der Waals surface area contributed by atoms with Crippen LogP contribution in [0, 0.1) is 10.8 Å². The Morgan fingerprint density at radius 2 is 0.378 bits per heavy atom. The predicted molar refractivity (Wildman–Crippen MR) is 450 cm³/mol. The number of nitrogens with one attached hydrogen (secondary N) is 4. The molecule has 0 heterocycles. The Labute approximate surface area is 736 Å². The van der Waals surface area contributed by atoms with Crippen LogP contribution >= 0.6 is 0 Å².